The third-order valence-corrected chi connectivity index (χ3v) is 8.92. The summed E-state index contributed by atoms with van der Waals surface area (Å²) < 4.78 is 5.38. The molecule has 4 aromatic carbocycles. The Kier molecular flexibility index (Phi) is 9.14. The van der Waals surface area contributed by atoms with Crippen molar-refractivity contribution in [3.63, 3.8) is 0 Å². The summed E-state index contributed by atoms with van der Waals surface area (Å²) >= 11 is 0. The Labute approximate surface area is 229 Å². The van der Waals surface area contributed by atoms with Gasteiger partial charge in [0.1, 0.15) is 0 Å². The van der Waals surface area contributed by atoms with E-state index in [0.29, 0.717) is 6.61 Å². The quantitative estimate of drug-likeness (QED) is 0.219. The van der Waals surface area contributed by atoms with Crippen LogP contribution in [0.5, 0.6) is 0 Å². The Bertz CT molecular complexity index is 1330. The van der Waals surface area contributed by atoms with Gasteiger partial charge in [-0.15, -0.1) is 0 Å². The van der Waals surface area contributed by atoms with Gasteiger partial charge in [-0.2, -0.15) is 0 Å². The first-order chi connectivity index (χ1) is 18.7. The smallest absolute Gasteiger partial charge is 0.0531 e. The lowest BCUT2D eigenvalue weighted by Crippen LogP contribution is -2.15. The number of fused-ring (bicyclic) bond motifs is 2. The van der Waals surface area contributed by atoms with Crippen molar-refractivity contribution in [1.29, 1.82) is 0 Å². The van der Waals surface area contributed by atoms with Crippen molar-refractivity contribution in [3.05, 3.63) is 83.9 Å². The highest BCUT2D eigenvalue weighted by molar-refractivity contribution is 5.91. The van der Waals surface area contributed by atoms with Crippen molar-refractivity contribution in [2.24, 2.45) is 11.8 Å². The van der Waals surface area contributed by atoms with Gasteiger partial charge in [0.2, 0.25) is 0 Å². The molecule has 0 heterocycles. The van der Waals surface area contributed by atoms with Crippen LogP contribution in [0, 0.1) is 11.8 Å². The molecule has 2 heteroatoms. The van der Waals surface area contributed by atoms with Crippen LogP contribution >= 0.6 is 0 Å². The zero-order valence-corrected chi connectivity index (χ0v) is 23.3. The molecule has 0 radical (unpaired) electrons. The molecule has 2 nitrogen and oxygen atoms in total. The molecule has 1 fully saturated rings. The summed E-state index contributed by atoms with van der Waals surface area (Å²) in [5.74, 6) is 2.14. The second-order valence-corrected chi connectivity index (χ2v) is 11.6. The van der Waals surface area contributed by atoms with E-state index in [9.17, 15) is 5.11 Å². The van der Waals surface area contributed by atoms with Crippen LogP contribution in [0.2, 0.25) is 0 Å². The summed E-state index contributed by atoms with van der Waals surface area (Å²) in [6.07, 6.45) is 11.8. The number of aryl methyl sites for hydroxylation is 1. The second kappa shape index (κ2) is 12.9. The van der Waals surface area contributed by atoms with Crippen LogP contribution in [0.3, 0.4) is 0 Å². The number of benzene rings is 4. The number of hydrogen-bond acceptors (Lipinski definition) is 2. The molecule has 0 aromatic heterocycles. The molecule has 4 aromatic rings. The maximum absolute atomic E-state index is 9.44. The van der Waals surface area contributed by atoms with Gasteiger partial charge < -0.3 is 9.84 Å². The third kappa shape index (κ3) is 6.47. The standard InChI is InChI=1S/C36H44O2/c1-3-4-26-5-7-27(8-6-26)9-10-28-11-12-30-22-31(14-13-29(30)21-28)32-15-16-34-24-35(18-17-33(34)23-32)36(19-20-37)25-38-2/h11-18,21-24,26-27,36-37H,3-10,19-20,25H2,1-2H3. The molecule has 1 aliphatic carbocycles. The molecule has 0 bridgehead atoms. The first kappa shape index (κ1) is 26.9. The first-order valence-electron chi connectivity index (χ1n) is 14.8. The molecular weight excluding hydrogens is 464 g/mol. The molecule has 0 saturated heterocycles. The minimum absolute atomic E-state index is 0.175. The van der Waals surface area contributed by atoms with Crippen molar-refractivity contribution < 1.29 is 9.84 Å². The van der Waals surface area contributed by atoms with Gasteiger partial charge in [0.15, 0.2) is 0 Å². The van der Waals surface area contributed by atoms with Crippen LogP contribution in [0.25, 0.3) is 32.7 Å². The summed E-state index contributed by atoms with van der Waals surface area (Å²) in [4.78, 5) is 0. The Morgan fingerprint density at radius 3 is 1.95 bits per heavy atom. The first-order valence-corrected chi connectivity index (χ1v) is 14.8. The zero-order chi connectivity index (χ0) is 26.3. The highest BCUT2D eigenvalue weighted by Gasteiger charge is 2.20. The average molecular weight is 509 g/mol. The van der Waals surface area contributed by atoms with Gasteiger partial charge in [-0.25, -0.2) is 0 Å². The lowest BCUT2D eigenvalue weighted by Gasteiger charge is -2.28. The largest absolute Gasteiger partial charge is 0.396 e. The summed E-state index contributed by atoms with van der Waals surface area (Å²) in [6.45, 7) is 3.13. The van der Waals surface area contributed by atoms with Crippen molar-refractivity contribution in [2.75, 3.05) is 20.3 Å². The Balaban J connectivity index is 1.27. The van der Waals surface area contributed by atoms with E-state index in [-0.39, 0.29) is 12.5 Å². The topological polar surface area (TPSA) is 29.5 Å². The van der Waals surface area contributed by atoms with Crippen LogP contribution < -0.4 is 0 Å². The van der Waals surface area contributed by atoms with Gasteiger partial charge in [-0.3, -0.25) is 0 Å². The highest BCUT2D eigenvalue weighted by Crippen LogP contribution is 2.34. The molecule has 1 saturated carbocycles. The van der Waals surface area contributed by atoms with Crippen LogP contribution in [-0.4, -0.2) is 25.4 Å². The Hall–Kier alpha value is -2.68. The number of hydrogen-bond donors (Lipinski definition) is 1. The summed E-state index contributed by atoms with van der Waals surface area (Å²) in [5, 5.41) is 14.6. The van der Waals surface area contributed by atoms with Gasteiger partial charge in [-0.1, -0.05) is 106 Å². The van der Waals surface area contributed by atoms with E-state index in [4.69, 9.17) is 4.74 Å². The number of rotatable bonds is 11. The molecule has 1 unspecified atom stereocenters. The maximum atomic E-state index is 9.44. The molecule has 1 atom stereocenters. The molecule has 38 heavy (non-hydrogen) atoms. The van der Waals surface area contributed by atoms with Gasteiger partial charge >= 0.3 is 0 Å². The molecule has 0 amide bonds. The Morgan fingerprint density at radius 2 is 1.32 bits per heavy atom. The lowest BCUT2D eigenvalue weighted by molar-refractivity contribution is 0.162. The predicted octanol–water partition coefficient (Wildman–Crippen LogP) is 9.31. The van der Waals surface area contributed by atoms with E-state index in [1.165, 1.54) is 95.2 Å². The Morgan fingerprint density at radius 1 is 0.737 bits per heavy atom. The monoisotopic (exact) mass is 508 g/mol. The number of ether oxygens (including phenoxy) is 1. The normalized spacial score (nSPS) is 18.7. The van der Waals surface area contributed by atoms with E-state index in [0.717, 1.165) is 18.3 Å². The van der Waals surface area contributed by atoms with Crippen molar-refractivity contribution in [1.82, 2.24) is 0 Å². The zero-order valence-electron chi connectivity index (χ0n) is 23.3. The van der Waals surface area contributed by atoms with E-state index < -0.39 is 0 Å². The molecule has 1 aliphatic rings. The third-order valence-electron chi connectivity index (χ3n) is 8.92. The molecule has 0 aliphatic heterocycles. The maximum Gasteiger partial charge on any atom is 0.0531 e. The van der Waals surface area contributed by atoms with Crippen LogP contribution in [-0.2, 0) is 11.2 Å². The fraction of sp³-hybridized carbons (Fsp3) is 0.444. The predicted molar refractivity (Wildman–Crippen MR) is 162 cm³/mol. The van der Waals surface area contributed by atoms with Gasteiger partial charge in [-0.05, 0) is 87.0 Å². The lowest BCUT2D eigenvalue weighted by atomic mass is 9.78. The molecule has 200 valence electrons. The SMILES string of the molecule is CCCC1CCC(CCc2ccc3cc(-c4ccc5cc(C(CCO)COC)ccc5c4)ccc3c2)CC1. The summed E-state index contributed by atoms with van der Waals surface area (Å²) in [7, 11) is 1.72. The molecule has 0 spiro atoms. The van der Waals surface area contributed by atoms with Gasteiger partial charge in [0.05, 0.1) is 6.61 Å². The molecule has 5 rings (SSSR count). The number of aliphatic hydroxyl groups excluding tert-OH is 1. The van der Waals surface area contributed by atoms with Gasteiger partial charge in [0, 0.05) is 19.6 Å². The van der Waals surface area contributed by atoms with Crippen molar-refractivity contribution in [2.45, 2.75) is 70.6 Å². The summed E-state index contributed by atoms with van der Waals surface area (Å²) in [6, 6.07) is 27.4. The van der Waals surface area contributed by atoms with Crippen LogP contribution in [0.4, 0.5) is 0 Å². The highest BCUT2D eigenvalue weighted by atomic mass is 16.5. The summed E-state index contributed by atoms with van der Waals surface area (Å²) in [5.41, 5.74) is 5.22. The minimum Gasteiger partial charge on any atom is -0.396 e. The molecular formula is C36H44O2. The minimum atomic E-state index is 0.175. The van der Waals surface area contributed by atoms with E-state index in [1.54, 1.807) is 7.11 Å². The molecule has 1 N–H and O–H groups in total. The van der Waals surface area contributed by atoms with E-state index in [2.05, 4.69) is 79.7 Å². The van der Waals surface area contributed by atoms with Crippen molar-refractivity contribution in [3.8, 4) is 11.1 Å². The van der Waals surface area contributed by atoms with Gasteiger partial charge in [0.25, 0.3) is 0 Å². The number of methoxy groups -OCH3 is 1. The average Bonchev–Trinajstić information content (AvgIpc) is 2.96. The number of aliphatic hydroxyl groups is 1. The van der Waals surface area contributed by atoms with Crippen LogP contribution in [0.1, 0.15) is 75.3 Å². The van der Waals surface area contributed by atoms with Crippen molar-refractivity contribution >= 4 is 21.5 Å². The van der Waals surface area contributed by atoms with E-state index in [1.807, 2.05) is 0 Å². The fourth-order valence-corrected chi connectivity index (χ4v) is 6.62. The van der Waals surface area contributed by atoms with E-state index >= 15 is 0 Å². The second-order valence-electron chi connectivity index (χ2n) is 11.6. The van der Waals surface area contributed by atoms with Crippen LogP contribution in [0.15, 0.2) is 72.8 Å². The fourth-order valence-electron chi connectivity index (χ4n) is 6.62.